The molecule has 0 bridgehead atoms. The predicted octanol–water partition coefficient (Wildman–Crippen LogP) is 5.30. The zero-order valence-corrected chi connectivity index (χ0v) is 13.0. The number of halogens is 2. The van der Waals surface area contributed by atoms with Crippen LogP contribution >= 0.6 is 15.9 Å². The highest BCUT2D eigenvalue weighted by Crippen LogP contribution is 2.45. The van der Waals surface area contributed by atoms with E-state index < -0.39 is 0 Å². The van der Waals surface area contributed by atoms with Crippen LogP contribution in [-0.4, -0.2) is 4.83 Å². The minimum Gasteiger partial charge on any atom is -0.207 e. The maximum atomic E-state index is 13.4. The summed E-state index contributed by atoms with van der Waals surface area (Å²) in [5.41, 5.74) is 1.14. The first-order chi connectivity index (χ1) is 8.41. The highest BCUT2D eigenvalue weighted by atomic mass is 79.9. The number of hydrogen-bond acceptors (Lipinski definition) is 0. The zero-order chi connectivity index (χ0) is 13.3. The van der Waals surface area contributed by atoms with Crippen molar-refractivity contribution in [2.24, 2.45) is 11.8 Å². The van der Waals surface area contributed by atoms with E-state index in [4.69, 9.17) is 0 Å². The maximum Gasteiger partial charge on any atom is 0.123 e. The first-order valence-corrected chi connectivity index (χ1v) is 7.73. The minimum absolute atomic E-state index is 0.0242. The van der Waals surface area contributed by atoms with Crippen LogP contribution in [0.1, 0.15) is 45.6 Å². The molecular formula is C16H22BrF. The van der Waals surface area contributed by atoms with Crippen LogP contribution < -0.4 is 0 Å². The van der Waals surface area contributed by atoms with Gasteiger partial charge in [0.2, 0.25) is 0 Å². The summed E-state index contributed by atoms with van der Waals surface area (Å²) in [5.74, 6) is 1.25. The van der Waals surface area contributed by atoms with E-state index in [9.17, 15) is 4.39 Å². The monoisotopic (exact) mass is 312 g/mol. The van der Waals surface area contributed by atoms with Gasteiger partial charge in [-0.3, -0.25) is 0 Å². The first-order valence-electron chi connectivity index (χ1n) is 6.81. The smallest absolute Gasteiger partial charge is 0.123 e. The van der Waals surface area contributed by atoms with Gasteiger partial charge in [0.15, 0.2) is 0 Å². The summed E-state index contributed by atoms with van der Waals surface area (Å²) in [6, 6.07) is 7.09. The minimum atomic E-state index is -0.129. The van der Waals surface area contributed by atoms with Gasteiger partial charge in [-0.15, -0.1) is 0 Å². The Morgan fingerprint density at radius 2 is 2.00 bits per heavy atom. The second-order valence-corrected chi connectivity index (χ2v) is 7.45. The van der Waals surface area contributed by atoms with Gasteiger partial charge in [-0.05, 0) is 47.8 Å². The predicted molar refractivity (Wildman–Crippen MR) is 78.6 cm³/mol. The molecule has 2 rings (SSSR count). The summed E-state index contributed by atoms with van der Waals surface area (Å²) in [6.45, 7) is 6.81. The van der Waals surface area contributed by atoms with Crippen LogP contribution in [0.25, 0.3) is 0 Å². The molecular weight excluding hydrogens is 291 g/mol. The van der Waals surface area contributed by atoms with Crippen molar-refractivity contribution in [2.75, 3.05) is 0 Å². The Morgan fingerprint density at radius 3 is 2.61 bits per heavy atom. The van der Waals surface area contributed by atoms with Crippen LogP contribution in [0.4, 0.5) is 4.39 Å². The van der Waals surface area contributed by atoms with Crippen molar-refractivity contribution in [1.82, 2.24) is 0 Å². The Labute approximate surface area is 118 Å². The maximum absolute atomic E-state index is 13.4. The zero-order valence-electron chi connectivity index (χ0n) is 11.4. The molecule has 0 amide bonds. The Bertz CT molecular complexity index is 413. The van der Waals surface area contributed by atoms with Crippen molar-refractivity contribution >= 4 is 15.9 Å². The Kier molecular flexibility index (Phi) is 4.15. The fraction of sp³-hybridized carbons (Fsp3) is 0.625. The lowest BCUT2D eigenvalue weighted by atomic mass is 9.66. The van der Waals surface area contributed by atoms with E-state index in [-0.39, 0.29) is 11.2 Å². The largest absolute Gasteiger partial charge is 0.207 e. The SMILES string of the molecule is CC1CCC(C(C)(C)c2cccc(F)c2)C(Br)C1. The second kappa shape index (κ2) is 5.32. The average molecular weight is 313 g/mol. The molecule has 1 aromatic carbocycles. The van der Waals surface area contributed by atoms with Gasteiger partial charge in [-0.1, -0.05) is 55.3 Å². The van der Waals surface area contributed by atoms with Crippen LogP contribution in [0, 0.1) is 17.7 Å². The molecule has 0 heterocycles. The number of rotatable bonds is 2. The van der Waals surface area contributed by atoms with Crippen LogP contribution in [0.5, 0.6) is 0 Å². The van der Waals surface area contributed by atoms with E-state index in [1.54, 1.807) is 6.07 Å². The molecule has 0 aromatic heterocycles. The summed E-state index contributed by atoms with van der Waals surface area (Å²) < 4.78 is 13.4. The number of hydrogen-bond donors (Lipinski definition) is 0. The number of benzene rings is 1. The molecule has 1 aliphatic carbocycles. The molecule has 1 saturated carbocycles. The van der Waals surface area contributed by atoms with Crippen molar-refractivity contribution in [3.05, 3.63) is 35.6 Å². The summed E-state index contributed by atoms with van der Waals surface area (Å²) in [7, 11) is 0. The van der Waals surface area contributed by atoms with Crippen molar-refractivity contribution in [3.8, 4) is 0 Å². The lowest BCUT2D eigenvalue weighted by Crippen LogP contribution is -2.38. The lowest BCUT2D eigenvalue weighted by molar-refractivity contribution is 0.213. The fourth-order valence-electron chi connectivity index (χ4n) is 3.23. The summed E-state index contributed by atoms with van der Waals surface area (Å²) in [6.07, 6.45) is 3.73. The molecule has 0 aliphatic heterocycles. The molecule has 3 unspecified atom stereocenters. The molecule has 1 fully saturated rings. The van der Waals surface area contributed by atoms with Crippen LogP contribution in [0.3, 0.4) is 0 Å². The molecule has 1 aliphatic rings. The first kappa shape index (κ1) is 14.0. The van der Waals surface area contributed by atoms with E-state index in [0.29, 0.717) is 10.7 Å². The third-order valence-corrected chi connectivity index (χ3v) is 5.54. The molecule has 0 nitrogen and oxygen atoms in total. The Balaban J connectivity index is 2.25. The average Bonchev–Trinajstić information content (AvgIpc) is 2.28. The fourth-order valence-corrected chi connectivity index (χ4v) is 4.79. The summed E-state index contributed by atoms with van der Waals surface area (Å²) >= 11 is 3.85. The molecule has 0 radical (unpaired) electrons. The Morgan fingerprint density at radius 1 is 1.28 bits per heavy atom. The highest BCUT2D eigenvalue weighted by molar-refractivity contribution is 9.09. The van der Waals surface area contributed by atoms with Gasteiger partial charge in [0.1, 0.15) is 5.82 Å². The van der Waals surface area contributed by atoms with E-state index >= 15 is 0 Å². The van der Waals surface area contributed by atoms with Crippen molar-refractivity contribution in [1.29, 1.82) is 0 Å². The Hall–Kier alpha value is -0.370. The highest BCUT2D eigenvalue weighted by Gasteiger charge is 2.38. The van der Waals surface area contributed by atoms with Crippen molar-refractivity contribution < 1.29 is 4.39 Å². The van der Waals surface area contributed by atoms with Crippen LogP contribution in [0.2, 0.25) is 0 Å². The van der Waals surface area contributed by atoms with E-state index in [0.717, 1.165) is 11.5 Å². The van der Waals surface area contributed by atoms with Gasteiger partial charge in [-0.25, -0.2) is 4.39 Å². The molecule has 1 aromatic rings. The van der Waals surface area contributed by atoms with Gasteiger partial charge in [0.05, 0.1) is 0 Å². The third kappa shape index (κ3) is 2.79. The number of alkyl halides is 1. The van der Waals surface area contributed by atoms with E-state index in [1.165, 1.54) is 25.3 Å². The molecule has 0 saturated heterocycles. The second-order valence-electron chi connectivity index (χ2n) is 6.27. The van der Waals surface area contributed by atoms with Crippen LogP contribution in [0.15, 0.2) is 24.3 Å². The lowest BCUT2D eigenvalue weighted by Gasteiger charge is -2.42. The molecule has 2 heteroatoms. The summed E-state index contributed by atoms with van der Waals surface area (Å²) in [5, 5.41) is 0. The molecule has 0 N–H and O–H groups in total. The quantitative estimate of drug-likeness (QED) is 0.650. The van der Waals surface area contributed by atoms with Gasteiger partial charge in [0, 0.05) is 4.83 Å². The molecule has 0 spiro atoms. The van der Waals surface area contributed by atoms with Gasteiger partial charge >= 0.3 is 0 Å². The molecule has 18 heavy (non-hydrogen) atoms. The topological polar surface area (TPSA) is 0 Å². The van der Waals surface area contributed by atoms with Crippen molar-refractivity contribution in [3.63, 3.8) is 0 Å². The van der Waals surface area contributed by atoms with E-state index in [2.05, 4.69) is 42.8 Å². The van der Waals surface area contributed by atoms with E-state index in [1.807, 2.05) is 6.07 Å². The van der Waals surface area contributed by atoms with Gasteiger partial charge in [0.25, 0.3) is 0 Å². The molecule has 3 atom stereocenters. The van der Waals surface area contributed by atoms with Crippen LogP contribution in [-0.2, 0) is 5.41 Å². The van der Waals surface area contributed by atoms with Gasteiger partial charge in [-0.2, -0.15) is 0 Å². The van der Waals surface area contributed by atoms with Gasteiger partial charge < -0.3 is 0 Å². The normalized spacial score (nSPS) is 29.3. The summed E-state index contributed by atoms with van der Waals surface area (Å²) in [4.78, 5) is 0.541. The third-order valence-electron chi connectivity index (χ3n) is 4.53. The molecule has 100 valence electrons. The standard InChI is InChI=1S/C16H22BrF/c1-11-7-8-14(15(17)9-11)16(2,3)12-5-4-6-13(18)10-12/h4-6,10-11,14-15H,7-9H2,1-3H3. The van der Waals surface area contributed by atoms with Crippen molar-refractivity contribution in [2.45, 2.75) is 50.3 Å².